The molecule has 51 heavy (non-hydrogen) atoms. The van der Waals surface area contributed by atoms with E-state index >= 15 is 0 Å². The lowest BCUT2D eigenvalue weighted by atomic mass is 10.2. The van der Waals surface area contributed by atoms with Gasteiger partial charge in [-0.2, -0.15) is 0 Å². The summed E-state index contributed by atoms with van der Waals surface area (Å²) in [5.74, 6) is 0.0620. The molecule has 1 amide bonds. The van der Waals surface area contributed by atoms with Crippen LogP contribution in [0.5, 0.6) is 5.75 Å². The van der Waals surface area contributed by atoms with Crippen LogP contribution in [0.2, 0.25) is 5.04 Å². The smallest absolute Gasteiger partial charge is 0.306 e. The highest BCUT2D eigenvalue weighted by Gasteiger charge is 2.50. The Labute approximate surface area is 306 Å². The first-order valence-corrected chi connectivity index (χ1v) is 19.8. The number of rotatable bonds is 24. The second kappa shape index (κ2) is 20.9. The highest BCUT2D eigenvalue weighted by molar-refractivity contribution is 6.99. The Balaban J connectivity index is 1.73. The zero-order valence-corrected chi connectivity index (χ0v) is 32.0. The van der Waals surface area contributed by atoms with Crippen molar-refractivity contribution in [1.29, 1.82) is 1.43 Å². The molecule has 0 fully saturated rings. The lowest BCUT2D eigenvalue weighted by Gasteiger charge is -2.44. The average Bonchev–Trinajstić information content (AvgIpc) is 3.13. The second-order valence-electron chi connectivity index (χ2n) is 14.1. The number of nitrogens with zero attached hydrogens (tertiary/aromatic N) is 1. The van der Waals surface area contributed by atoms with Crippen LogP contribution in [-0.2, 0) is 30.3 Å². The minimum Gasteiger partial charge on any atom is -0.493 e. The van der Waals surface area contributed by atoms with E-state index in [4.69, 9.17) is 20.6 Å². The van der Waals surface area contributed by atoms with E-state index in [-0.39, 0.29) is 43.0 Å². The minimum absolute atomic E-state index is 0.0224. The Morgan fingerprint density at radius 3 is 2.16 bits per heavy atom. The third-order valence-corrected chi connectivity index (χ3v) is 14.2. The number of carbonyl (C=O) groups excluding carboxylic acids is 2. The number of hydrogen-bond acceptors (Lipinski definition) is 9. The number of quaternary nitrogens is 1. The summed E-state index contributed by atoms with van der Waals surface area (Å²) in [6.45, 7) is 12.5. The first-order valence-electron chi connectivity index (χ1n) is 18.3. The van der Waals surface area contributed by atoms with Crippen LogP contribution < -0.4 is 25.9 Å². The van der Waals surface area contributed by atoms with Gasteiger partial charge in [0.25, 0.3) is 8.32 Å². The minimum atomic E-state index is -2.75. The van der Waals surface area contributed by atoms with Crippen molar-refractivity contribution in [3.63, 3.8) is 0 Å². The first-order chi connectivity index (χ1) is 25.0. The highest BCUT2D eigenvalue weighted by Crippen LogP contribution is 2.36. The number of carbonyl (C=O) groups is 2. The van der Waals surface area contributed by atoms with E-state index in [9.17, 15) is 9.59 Å². The van der Waals surface area contributed by atoms with Crippen LogP contribution in [0.4, 0.5) is 5.69 Å². The molecule has 3 aromatic carbocycles. The summed E-state index contributed by atoms with van der Waals surface area (Å²) in [6.07, 6.45) is 2.75. The Hall–Kier alpha value is -3.78. The van der Waals surface area contributed by atoms with Gasteiger partial charge in [-0.05, 0) is 40.0 Å². The topological polar surface area (TPSA) is 136 Å². The van der Waals surface area contributed by atoms with Crippen LogP contribution in [0.15, 0.2) is 78.9 Å². The predicted molar refractivity (Wildman–Crippen MR) is 202 cm³/mol. The maximum atomic E-state index is 12.6. The molecule has 12 heteroatoms. The van der Waals surface area contributed by atoms with Gasteiger partial charge in [0.05, 0.1) is 45.5 Å². The van der Waals surface area contributed by atoms with E-state index in [1.54, 1.807) is 18.2 Å². The van der Waals surface area contributed by atoms with Gasteiger partial charge in [0.15, 0.2) is 0 Å². The van der Waals surface area contributed by atoms with Gasteiger partial charge in [-0.25, -0.2) is 10.7 Å². The van der Waals surface area contributed by atoms with Crippen LogP contribution in [0.25, 0.3) is 0 Å². The van der Waals surface area contributed by atoms with Crippen molar-refractivity contribution in [3.05, 3.63) is 84.4 Å². The van der Waals surface area contributed by atoms with Crippen LogP contribution >= 0.6 is 0 Å². The summed E-state index contributed by atoms with van der Waals surface area (Å²) in [5, 5.41) is 18.4. The number of anilines is 1. The zero-order chi connectivity index (χ0) is 37.9. The number of unbranched alkanes of at least 4 members (excludes halogenated alkanes) is 1. The Kier molecular flexibility index (Phi) is 16.4. The molecule has 0 spiro atoms. The molecule has 0 saturated heterocycles. The maximum absolute atomic E-state index is 12.6. The van der Waals surface area contributed by atoms with Gasteiger partial charge < -0.3 is 28.8 Å². The number of esters is 1. The van der Waals surface area contributed by atoms with Crippen molar-refractivity contribution in [2.75, 3.05) is 58.5 Å². The van der Waals surface area contributed by atoms with Crippen molar-refractivity contribution in [1.82, 2.24) is 5.32 Å². The molecule has 3 aromatic rings. The number of ether oxygens (including phenoxy) is 2. The quantitative estimate of drug-likeness (QED) is 0.0251. The largest absolute Gasteiger partial charge is 0.493 e. The Bertz CT molecular complexity index is 1460. The van der Waals surface area contributed by atoms with E-state index < -0.39 is 8.32 Å². The molecule has 3 rings (SSSR count). The van der Waals surface area contributed by atoms with Gasteiger partial charge in [-0.15, -0.1) is 4.99 Å². The molecule has 0 aliphatic rings. The normalized spacial score (nSPS) is 13.2. The van der Waals surface area contributed by atoms with Gasteiger partial charge in [0, 0.05) is 24.9 Å². The van der Waals surface area contributed by atoms with E-state index in [0.717, 1.165) is 19.4 Å². The lowest BCUT2D eigenvalue weighted by molar-refractivity contribution is -0.910. The molecule has 4 N–H and O–H groups in total. The molecule has 0 saturated carbocycles. The number of amides is 1. The summed E-state index contributed by atoms with van der Waals surface area (Å²) >= 11 is 0. The SMILES string of the molecule is [2H]OCc1cc(OCCC[N+](C)(CCOC(=O)CCC(=O)NCCCC)CCO[Si](c2ccccc2)(c2ccccc2)C(C)(C)C)ccc1NOO. The molecule has 11 nitrogen and oxygen atoms in total. The summed E-state index contributed by atoms with van der Waals surface area (Å²) in [4.78, 5) is 28.7. The van der Waals surface area contributed by atoms with Gasteiger partial charge in [-0.1, -0.05) is 94.8 Å². The molecule has 0 aromatic heterocycles. The summed E-state index contributed by atoms with van der Waals surface area (Å²) in [6, 6.07) is 26.2. The van der Waals surface area contributed by atoms with Gasteiger partial charge in [0.1, 0.15) is 25.4 Å². The molecule has 280 valence electrons. The number of benzene rings is 3. The molecule has 1 unspecified atom stereocenters. The zero-order valence-electron chi connectivity index (χ0n) is 32.0. The fourth-order valence-electron chi connectivity index (χ4n) is 6.24. The monoisotopic (exact) mass is 725 g/mol. The van der Waals surface area contributed by atoms with E-state index in [0.29, 0.717) is 60.8 Å². The Morgan fingerprint density at radius 2 is 1.55 bits per heavy atom. The van der Waals surface area contributed by atoms with E-state index in [1.807, 2.05) is 12.1 Å². The van der Waals surface area contributed by atoms with Crippen molar-refractivity contribution in [2.45, 2.75) is 71.4 Å². The van der Waals surface area contributed by atoms with Crippen LogP contribution in [-0.4, -0.2) is 89.5 Å². The standard InChI is InChI=1S/C39H57N3O8Si/c1-6-7-23-40-37(44)21-22-38(45)48-28-25-42(5,24-14-27-47-33-19-20-36(41-50-46)32(30-33)31-43)26-29-49-51(39(2,3)4,34-15-10-8-11-16-34)35-17-12-9-13-18-35/h8-13,15-20,30,41,43H,6-7,14,21-29,31H2,1-5H3,(H-,40,44,46)/p+1/i43D. The number of hydrogen-bond donors (Lipinski definition) is 4. The number of nitrogens with one attached hydrogen (secondary N) is 2. The van der Waals surface area contributed by atoms with Gasteiger partial charge >= 0.3 is 5.97 Å². The van der Waals surface area contributed by atoms with Crippen molar-refractivity contribution < 1.29 is 43.3 Å². The van der Waals surface area contributed by atoms with E-state index in [2.05, 4.69) is 104 Å². The summed E-state index contributed by atoms with van der Waals surface area (Å²) in [5.41, 5.74) is 3.40. The number of likely N-dealkylation sites (N-methyl/N-ethyl adjacent to an activating group) is 1. The van der Waals surface area contributed by atoms with E-state index in [1.165, 1.54) is 10.4 Å². The van der Waals surface area contributed by atoms with Crippen LogP contribution in [0, 0.1) is 0 Å². The molecular weight excluding hydrogens is 667 g/mol. The maximum Gasteiger partial charge on any atom is 0.306 e. The fourth-order valence-corrected chi connectivity index (χ4v) is 10.8. The molecule has 0 aliphatic heterocycles. The van der Waals surface area contributed by atoms with Crippen molar-refractivity contribution in [2.24, 2.45) is 0 Å². The molecule has 0 aliphatic carbocycles. The fraction of sp³-hybridized carbons (Fsp3) is 0.487. The van der Waals surface area contributed by atoms with Crippen molar-refractivity contribution >= 4 is 36.3 Å². The third-order valence-electron chi connectivity index (χ3n) is 9.17. The lowest BCUT2D eigenvalue weighted by Crippen LogP contribution is -2.67. The van der Waals surface area contributed by atoms with Crippen LogP contribution in [0.1, 0.15) is 65.4 Å². The molecule has 1 atom stereocenters. The van der Waals surface area contributed by atoms with Gasteiger partial charge in [-0.3, -0.25) is 9.59 Å². The predicted octanol–water partition coefficient (Wildman–Crippen LogP) is 5.03. The Morgan fingerprint density at radius 1 is 0.882 bits per heavy atom. The summed E-state index contributed by atoms with van der Waals surface area (Å²) < 4.78 is 26.6. The van der Waals surface area contributed by atoms with Crippen molar-refractivity contribution in [3.8, 4) is 5.75 Å². The van der Waals surface area contributed by atoms with Crippen LogP contribution in [0.3, 0.4) is 0 Å². The number of aliphatic hydroxyl groups excluding tert-OH is 1. The summed E-state index contributed by atoms with van der Waals surface area (Å²) in [7, 11) is -0.607. The average molecular weight is 726 g/mol. The molecule has 0 bridgehead atoms. The molecule has 0 radical (unpaired) electrons. The molecular formula is C39H58N3O8Si+. The van der Waals surface area contributed by atoms with Gasteiger partial charge in [0.2, 0.25) is 7.34 Å². The molecule has 0 heterocycles. The number of aliphatic hydroxyl groups is 1. The first kappa shape index (κ1) is 40.0. The third kappa shape index (κ3) is 12.7. The second-order valence-corrected chi connectivity index (χ2v) is 18.4. The highest BCUT2D eigenvalue weighted by atomic mass is 28.4.